The van der Waals surface area contributed by atoms with E-state index < -0.39 is 16.1 Å². The highest BCUT2D eigenvalue weighted by Crippen LogP contribution is 2.57. The molecular weight excluding hydrogens is 212 g/mol. The highest BCUT2D eigenvalue weighted by Gasteiger charge is 2.54. The lowest BCUT2D eigenvalue weighted by Crippen LogP contribution is -2.57. The second kappa shape index (κ2) is 4.03. The second-order valence-electron chi connectivity index (χ2n) is 7.74. The molecule has 0 nitrogen and oxygen atoms in total. The maximum Gasteiger partial charge on any atom is 0.0560 e. The van der Waals surface area contributed by atoms with Gasteiger partial charge in [0.05, 0.1) is 8.07 Å². The molecule has 15 heavy (non-hydrogen) atoms. The molecule has 0 aromatic rings. The molecule has 0 unspecified atom stereocenters. The molecule has 0 saturated carbocycles. The van der Waals surface area contributed by atoms with Gasteiger partial charge in [0, 0.05) is 8.07 Å². The Kier molecular flexibility index (Phi) is 4.14. The molecule has 0 aromatic carbocycles. The van der Waals surface area contributed by atoms with Gasteiger partial charge in [0.15, 0.2) is 0 Å². The first-order valence-electron chi connectivity index (χ1n) is 6.31. The standard InChI is InChI=1S/C13H32Si2/c1-11-12(2,3)15(9,10)13(4,5)14(6,7)8/h11H2,1-10H3. The number of rotatable bonds is 4. The molecule has 0 aliphatic rings. The summed E-state index contributed by atoms with van der Waals surface area (Å²) >= 11 is 0. The Hall–Kier alpha value is 0.434. The smallest absolute Gasteiger partial charge is 0.0560 e. The summed E-state index contributed by atoms with van der Waals surface area (Å²) in [6.45, 7) is 25.2. The van der Waals surface area contributed by atoms with Crippen molar-refractivity contribution in [2.45, 2.75) is 83.5 Å². The fourth-order valence-corrected chi connectivity index (χ4v) is 13.3. The van der Waals surface area contributed by atoms with Crippen molar-refractivity contribution < 1.29 is 0 Å². The largest absolute Gasteiger partial charge is 0.0694 e. The van der Waals surface area contributed by atoms with E-state index in [0.29, 0.717) is 9.70 Å². The van der Waals surface area contributed by atoms with Crippen molar-refractivity contribution in [3.63, 3.8) is 0 Å². The van der Waals surface area contributed by atoms with Crippen LogP contribution in [-0.2, 0) is 0 Å². The third kappa shape index (κ3) is 2.41. The summed E-state index contributed by atoms with van der Waals surface area (Å²) in [5.74, 6) is 0. The van der Waals surface area contributed by atoms with Crippen molar-refractivity contribution >= 4 is 16.1 Å². The number of hydrogen-bond donors (Lipinski definition) is 0. The maximum atomic E-state index is 2.61. The van der Waals surface area contributed by atoms with Gasteiger partial charge in [0.1, 0.15) is 0 Å². The molecule has 0 fully saturated rings. The Balaban J connectivity index is 5.38. The van der Waals surface area contributed by atoms with Crippen LogP contribution in [0.15, 0.2) is 0 Å². The van der Waals surface area contributed by atoms with Gasteiger partial charge in [-0.15, -0.1) is 0 Å². The van der Waals surface area contributed by atoms with Gasteiger partial charge in [-0.25, -0.2) is 0 Å². The molecule has 0 aliphatic carbocycles. The molecule has 0 rings (SSSR count). The molecule has 0 spiro atoms. The van der Waals surface area contributed by atoms with Crippen LogP contribution < -0.4 is 0 Å². The molecular formula is C13H32Si2. The molecule has 0 saturated heterocycles. The molecule has 0 N–H and O–H groups in total. The van der Waals surface area contributed by atoms with E-state index in [-0.39, 0.29) is 0 Å². The van der Waals surface area contributed by atoms with Gasteiger partial charge in [-0.05, 0) is 9.70 Å². The zero-order valence-corrected chi connectivity index (χ0v) is 14.7. The zero-order chi connectivity index (χ0) is 12.7. The molecule has 0 bridgehead atoms. The van der Waals surface area contributed by atoms with Crippen molar-refractivity contribution in [1.29, 1.82) is 0 Å². The van der Waals surface area contributed by atoms with Crippen molar-refractivity contribution in [2.75, 3.05) is 0 Å². The highest BCUT2D eigenvalue weighted by molar-refractivity contribution is 7.00. The lowest BCUT2D eigenvalue weighted by molar-refractivity contribution is 0.591. The molecule has 0 heterocycles. The zero-order valence-electron chi connectivity index (χ0n) is 12.7. The topological polar surface area (TPSA) is 0 Å². The monoisotopic (exact) mass is 244 g/mol. The molecule has 2 heteroatoms. The van der Waals surface area contributed by atoms with E-state index in [1.54, 1.807) is 0 Å². The van der Waals surface area contributed by atoms with Gasteiger partial charge in [-0.3, -0.25) is 0 Å². The average molecular weight is 245 g/mol. The Labute approximate surface area is 99.9 Å². The Morgan fingerprint density at radius 1 is 0.800 bits per heavy atom. The highest BCUT2D eigenvalue weighted by atomic mass is 28.4. The average Bonchev–Trinajstić information content (AvgIpc) is 2.01. The van der Waals surface area contributed by atoms with Crippen LogP contribution >= 0.6 is 0 Å². The second-order valence-corrected chi connectivity index (χ2v) is 19.8. The summed E-state index contributed by atoms with van der Waals surface area (Å²) in [5.41, 5.74) is 0. The van der Waals surface area contributed by atoms with Gasteiger partial charge < -0.3 is 0 Å². The van der Waals surface area contributed by atoms with Crippen LogP contribution in [0.4, 0.5) is 0 Å². The maximum absolute atomic E-state index is 2.61. The fourth-order valence-electron chi connectivity index (χ4n) is 2.23. The van der Waals surface area contributed by atoms with E-state index >= 15 is 0 Å². The number of hydrogen-bond acceptors (Lipinski definition) is 0. The van der Waals surface area contributed by atoms with Crippen LogP contribution in [0, 0.1) is 0 Å². The molecule has 92 valence electrons. The first kappa shape index (κ1) is 15.4. The minimum Gasteiger partial charge on any atom is -0.0694 e. The van der Waals surface area contributed by atoms with Crippen molar-refractivity contribution in [2.24, 2.45) is 0 Å². The first-order chi connectivity index (χ1) is 6.31. The summed E-state index contributed by atoms with van der Waals surface area (Å²) < 4.78 is 0.597. The lowest BCUT2D eigenvalue weighted by atomic mass is 10.1. The Morgan fingerprint density at radius 2 is 1.13 bits per heavy atom. The Morgan fingerprint density at radius 3 is 1.33 bits per heavy atom. The normalized spacial score (nSPS) is 15.6. The molecule has 0 amide bonds. The third-order valence-corrected chi connectivity index (χ3v) is 20.8. The van der Waals surface area contributed by atoms with Crippen LogP contribution in [0.5, 0.6) is 0 Å². The fraction of sp³-hybridized carbons (Fsp3) is 1.00. The van der Waals surface area contributed by atoms with E-state index in [1.165, 1.54) is 6.42 Å². The van der Waals surface area contributed by atoms with Gasteiger partial charge in [0.2, 0.25) is 0 Å². The van der Waals surface area contributed by atoms with Gasteiger partial charge >= 0.3 is 0 Å². The quantitative estimate of drug-likeness (QED) is 0.569. The Bertz CT molecular complexity index is 219. The van der Waals surface area contributed by atoms with Crippen LogP contribution in [0.1, 0.15) is 41.0 Å². The van der Waals surface area contributed by atoms with Crippen molar-refractivity contribution in [1.82, 2.24) is 0 Å². The van der Waals surface area contributed by atoms with Crippen molar-refractivity contribution in [3.8, 4) is 0 Å². The summed E-state index contributed by atoms with van der Waals surface area (Å²) in [4.78, 5) is 0. The summed E-state index contributed by atoms with van der Waals surface area (Å²) in [7, 11) is -2.32. The van der Waals surface area contributed by atoms with E-state index in [2.05, 4.69) is 67.4 Å². The van der Waals surface area contributed by atoms with Gasteiger partial charge in [0.25, 0.3) is 0 Å². The van der Waals surface area contributed by atoms with Gasteiger partial charge in [-0.1, -0.05) is 73.8 Å². The van der Waals surface area contributed by atoms with E-state index in [4.69, 9.17) is 0 Å². The molecule has 0 aromatic heterocycles. The van der Waals surface area contributed by atoms with Crippen LogP contribution in [0.25, 0.3) is 0 Å². The summed E-state index contributed by atoms with van der Waals surface area (Å²) in [6.07, 6.45) is 1.32. The molecule has 0 radical (unpaired) electrons. The van der Waals surface area contributed by atoms with E-state index in [1.807, 2.05) is 0 Å². The molecule has 0 aliphatic heterocycles. The summed E-state index contributed by atoms with van der Waals surface area (Å²) in [5, 5.41) is 0.552. The molecule has 0 atom stereocenters. The predicted octanol–water partition coefficient (Wildman–Crippen LogP) is 5.54. The third-order valence-electron chi connectivity index (χ3n) is 6.01. The van der Waals surface area contributed by atoms with E-state index in [9.17, 15) is 0 Å². The van der Waals surface area contributed by atoms with E-state index in [0.717, 1.165) is 0 Å². The van der Waals surface area contributed by atoms with Crippen molar-refractivity contribution in [3.05, 3.63) is 0 Å². The minimum atomic E-state index is -1.23. The first-order valence-corrected chi connectivity index (χ1v) is 12.8. The lowest BCUT2D eigenvalue weighted by Gasteiger charge is -2.56. The SMILES string of the molecule is CCC(C)(C)[Si](C)(C)C(C)(C)[Si](C)(C)C. The minimum absolute atomic E-state index is 0.552. The van der Waals surface area contributed by atoms with Crippen LogP contribution in [0.2, 0.25) is 42.4 Å². The van der Waals surface area contributed by atoms with Gasteiger partial charge in [-0.2, -0.15) is 0 Å². The predicted molar refractivity (Wildman–Crippen MR) is 79.2 cm³/mol. The van der Waals surface area contributed by atoms with Crippen LogP contribution in [-0.4, -0.2) is 16.1 Å². The van der Waals surface area contributed by atoms with Crippen LogP contribution in [0.3, 0.4) is 0 Å². The summed E-state index contributed by atoms with van der Waals surface area (Å²) in [6, 6.07) is 0.